The van der Waals surface area contributed by atoms with Crippen LogP contribution in [0.4, 0.5) is 18.9 Å². The Morgan fingerprint density at radius 2 is 2.07 bits per heavy atom. The summed E-state index contributed by atoms with van der Waals surface area (Å²) in [6.45, 7) is -0.211. The highest BCUT2D eigenvalue weighted by Gasteiger charge is 2.30. The Bertz CT molecular complexity index is 921. The Morgan fingerprint density at radius 3 is 2.76 bits per heavy atom. The molecule has 0 aliphatic rings. The quantitative estimate of drug-likeness (QED) is 0.402. The maximum atomic E-state index is 12.7. The molecule has 1 amide bonds. The molecule has 0 bridgehead atoms. The van der Waals surface area contributed by atoms with Crippen LogP contribution in [0, 0.1) is 12.3 Å². The summed E-state index contributed by atoms with van der Waals surface area (Å²) in [6.07, 6.45) is 2.06. The number of nitrogens with one attached hydrogen (secondary N) is 2. The third kappa shape index (κ3) is 6.77. The Labute approximate surface area is 165 Å². The first-order valence-corrected chi connectivity index (χ1v) is 8.31. The van der Waals surface area contributed by atoms with Crippen LogP contribution >= 0.6 is 0 Å². The molecule has 0 heterocycles. The molecule has 0 unspecified atom stereocenters. The number of alkyl halides is 3. The summed E-state index contributed by atoms with van der Waals surface area (Å²) in [4.78, 5) is 11.9. The molecule has 0 aliphatic carbocycles. The van der Waals surface area contributed by atoms with Crippen LogP contribution in [0.15, 0.2) is 47.6 Å². The lowest BCUT2D eigenvalue weighted by Gasteiger charge is -2.10. The average Bonchev–Trinajstić information content (AvgIpc) is 2.70. The molecule has 0 fully saturated rings. The number of benzene rings is 2. The SMILES string of the molecule is C#CCOc1ccc(OC)cc1/C=N\NC(=O)CNc1cccc(C(F)(F)F)c1. The molecule has 0 spiro atoms. The van der Waals surface area contributed by atoms with Gasteiger partial charge < -0.3 is 14.8 Å². The molecule has 0 saturated carbocycles. The van der Waals surface area contributed by atoms with E-state index >= 15 is 0 Å². The summed E-state index contributed by atoms with van der Waals surface area (Å²) in [5.74, 6) is 2.80. The lowest BCUT2D eigenvalue weighted by Crippen LogP contribution is -2.26. The van der Waals surface area contributed by atoms with Crippen LogP contribution in [0.2, 0.25) is 0 Å². The smallest absolute Gasteiger partial charge is 0.416 e. The molecule has 29 heavy (non-hydrogen) atoms. The van der Waals surface area contributed by atoms with Gasteiger partial charge in [-0.15, -0.1) is 6.42 Å². The number of hydrogen-bond donors (Lipinski definition) is 2. The fourth-order valence-corrected chi connectivity index (χ4v) is 2.21. The van der Waals surface area contributed by atoms with E-state index in [9.17, 15) is 18.0 Å². The number of hydrogen-bond acceptors (Lipinski definition) is 5. The van der Waals surface area contributed by atoms with Gasteiger partial charge in [0.2, 0.25) is 0 Å². The van der Waals surface area contributed by atoms with Crippen LogP contribution < -0.4 is 20.2 Å². The van der Waals surface area contributed by atoms with Gasteiger partial charge in [0.25, 0.3) is 5.91 Å². The minimum atomic E-state index is -4.46. The second-order valence-corrected chi connectivity index (χ2v) is 5.62. The number of halogens is 3. The number of carbonyl (C=O) groups is 1. The van der Waals surface area contributed by atoms with E-state index in [0.717, 1.165) is 12.1 Å². The highest BCUT2D eigenvalue weighted by atomic mass is 19.4. The van der Waals surface area contributed by atoms with Crippen molar-refractivity contribution in [3.8, 4) is 23.8 Å². The number of methoxy groups -OCH3 is 1. The number of hydrazone groups is 1. The van der Waals surface area contributed by atoms with E-state index in [4.69, 9.17) is 15.9 Å². The van der Waals surface area contributed by atoms with Gasteiger partial charge in [0, 0.05) is 11.3 Å². The van der Waals surface area contributed by atoms with Gasteiger partial charge in [0.1, 0.15) is 18.1 Å². The van der Waals surface area contributed by atoms with E-state index in [-0.39, 0.29) is 18.8 Å². The number of anilines is 1. The van der Waals surface area contributed by atoms with Gasteiger partial charge in [0.15, 0.2) is 0 Å². The second-order valence-electron chi connectivity index (χ2n) is 5.62. The maximum absolute atomic E-state index is 12.7. The standard InChI is InChI=1S/C20H18F3N3O3/c1-3-9-29-18-8-7-17(28-2)10-14(18)12-25-26-19(27)13-24-16-6-4-5-15(11-16)20(21,22)23/h1,4-8,10-12,24H,9,13H2,2H3,(H,26,27)/b25-12-. The topological polar surface area (TPSA) is 72.0 Å². The first kappa shape index (κ1) is 21.6. The van der Waals surface area contributed by atoms with E-state index in [1.165, 1.54) is 25.5 Å². The molecule has 6 nitrogen and oxygen atoms in total. The summed E-state index contributed by atoms with van der Waals surface area (Å²) in [5.41, 5.74) is 2.15. The van der Waals surface area contributed by atoms with Gasteiger partial charge in [-0.05, 0) is 36.4 Å². The third-order valence-electron chi connectivity index (χ3n) is 3.56. The van der Waals surface area contributed by atoms with Gasteiger partial charge in [-0.25, -0.2) is 5.43 Å². The summed E-state index contributed by atoms with van der Waals surface area (Å²) in [6, 6.07) is 9.52. The Kier molecular flexibility index (Phi) is 7.48. The number of amides is 1. The summed E-state index contributed by atoms with van der Waals surface area (Å²) in [7, 11) is 1.50. The molecule has 0 saturated heterocycles. The lowest BCUT2D eigenvalue weighted by molar-refractivity contribution is -0.137. The Morgan fingerprint density at radius 1 is 1.28 bits per heavy atom. The molecule has 0 aliphatic heterocycles. The first-order valence-electron chi connectivity index (χ1n) is 8.31. The normalized spacial score (nSPS) is 11.0. The molecular weight excluding hydrogens is 387 g/mol. The van der Waals surface area contributed by atoms with Crippen LogP contribution in [0.1, 0.15) is 11.1 Å². The van der Waals surface area contributed by atoms with E-state index < -0.39 is 17.6 Å². The average molecular weight is 405 g/mol. The van der Waals surface area contributed by atoms with Crippen molar-refractivity contribution < 1.29 is 27.4 Å². The van der Waals surface area contributed by atoms with Crippen molar-refractivity contribution in [3.63, 3.8) is 0 Å². The largest absolute Gasteiger partial charge is 0.497 e. The predicted molar refractivity (Wildman–Crippen MR) is 103 cm³/mol. The van der Waals surface area contributed by atoms with E-state index in [1.807, 2.05) is 0 Å². The molecule has 0 aromatic heterocycles. The molecule has 9 heteroatoms. The van der Waals surface area contributed by atoms with Crippen LogP contribution in [-0.4, -0.2) is 32.4 Å². The van der Waals surface area contributed by atoms with Gasteiger partial charge in [-0.3, -0.25) is 4.79 Å². The number of nitrogens with zero attached hydrogens (tertiary/aromatic N) is 1. The highest BCUT2D eigenvalue weighted by Crippen LogP contribution is 2.30. The first-order chi connectivity index (χ1) is 13.8. The molecule has 2 aromatic rings. The lowest BCUT2D eigenvalue weighted by atomic mass is 10.2. The second kappa shape index (κ2) is 10.0. The van der Waals surface area contributed by atoms with Gasteiger partial charge in [-0.2, -0.15) is 18.3 Å². The fraction of sp³-hybridized carbons (Fsp3) is 0.200. The van der Waals surface area contributed by atoms with Crippen molar-refractivity contribution in [2.24, 2.45) is 5.10 Å². The van der Waals surface area contributed by atoms with Crippen molar-refractivity contribution in [3.05, 3.63) is 53.6 Å². The van der Waals surface area contributed by atoms with Crippen LogP contribution in [0.5, 0.6) is 11.5 Å². The minimum Gasteiger partial charge on any atom is -0.497 e. The zero-order valence-corrected chi connectivity index (χ0v) is 15.4. The minimum absolute atomic E-state index is 0.0560. The molecule has 2 N–H and O–H groups in total. The zero-order chi connectivity index (χ0) is 21.3. The molecular formula is C20H18F3N3O3. The van der Waals surface area contributed by atoms with Crippen LogP contribution in [0.3, 0.4) is 0 Å². The summed E-state index contributed by atoms with van der Waals surface area (Å²) in [5, 5.41) is 6.43. The number of rotatable bonds is 8. The number of carbonyl (C=O) groups excluding carboxylic acids is 1. The van der Waals surface area contributed by atoms with Crippen molar-refractivity contribution >= 4 is 17.8 Å². The fourth-order valence-electron chi connectivity index (χ4n) is 2.21. The van der Waals surface area contributed by atoms with Gasteiger partial charge in [0.05, 0.1) is 25.4 Å². The zero-order valence-electron chi connectivity index (χ0n) is 15.4. The van der Waals surface area contributed by atoms with E-state index in [2.05, 4.69) is 21.8 Å². The van der Waals surface area contributed by atoms with Crippen LogP contribution in [0.25, 0.3) is 0 Å². The highest BCUT2D eigenvalue weighted by molar-refractivity contribution is 5.86. The molecule has 152 valence electrons. The Balaban J connectivity index is 1.95. The molecule has 0 radical (unpaired) electrons. The maximum Gasteiger partial charge on any atom is 0.416 e. The van der Waals surface area contributed by atoms with E-state index in [1.54, 1.807) is 18.2 Å². The number of terminal acetylenes is 1. The summed E-state index contributed by atoms with van der Waals surface area (Å²) >= 11 is 0. The third-order valence-corrected chi connectivity index (χ3v) is 3.56. The molecule has 2 aromatic carbocycles. The monoisotopic (exact) mass is 405 g/mol. The molecule has 0 atom stereocenters. The molecule has 2 rings (SSSR count). The van der Waals surface area contributed by atoms with Crippen molar-refractivity contribution in [1.82, 2.24) is 5.43 Å². The van der Waals surface area contributed by atoms with Crippen LogP contribution in [-0.2, 0) is 11.0 Å². The predicted octanol–water partition coefficient (Wildman–Crippen LogP) is 3.29. The number of ether oxygens (including phenoxy) is 2. The van der Waals surface area contributed by atoms with E-state index in [0.29, 0.717) is 17.1 Å². The Hall–Kier alpha value is -3.67. The van der Waals surface area contributed by atoms with Crippen molar-refractivity contribution in [1.29, 1.82) is 0 Å². The summed E-state index contributed by atoms with van der Waals surface area (Å²) < 4.78 is 48.6. The van der Waals surface area contributed by atoms with Crippen molar-refractivity contribution in [2.75, 3.05) is 25.6 Å². The van der Waals surface area contributed by atoms with Gasteiger partial charge in [-0.1, -0.05) is 12.0 Å². The van der Waals surface area contributed by atoms with Gasteiger partial charge >= 0.3 is 6.18 Å². The van der Waals surface area contributed by atoms with Crippen molar-refractivity contribution in [2.45, 2.75) is 6.18 Å².